The molecule has 2 aromatic heterocycles. The molecule has 20 heavy (non-hydrogen) atoms. The fourth-order valence-corrected chi connectivity index (χ4v) is 1.65. The first-order chi connectivity index (χ1) is 9.63. The Balaban J connectivity index is 2.00. The lowest BCUT2D eigenvalue weighted by Gasteiger charge is -2.11. The molecule has 0 radical (unpaired) electrons. The van der Waals surface area contributed by atoms with Crippen LogP contribution in [0, 0.1) is 12.8 Å². The summed E-state index contributed by atoms with van der Waals surface area (Å²) in [6, 6.07) is 5.76. The zero-order valence-electron chi connectivity index (χ0n) is 12.1. The topological polar surface area (TPSA) is 59.9 Å². The largest absolute Gasteiger partial charge is 0.477 e. The van der Waals surface area contributed by atoms with Crippen LogP contribution in [0.3, 0.4) is 0 Å². The van der Waals surface area contributed by atoms with E-state index in [0.717, 1.165) is 11.4 Å². The van der Waals surface area contributed by atoms with E-state index in [1.54, 1.807) is 6.20 Å². The summed E-state index contributed by atoms with van der Waals surface area (Å²) in [6.45, 7) is 7.40. The normalized spacial score (nSPS) is 10.6. The number of hydrogen-bond donors (Lipinski definition) is 1. The number of aryl methyl sites for hydroxylation is 1. The van der Waals surface area contributed by atoms with Crippen LogP contribution >= 0.6 is 0 Å². The zero-order valence-corrected chi connectivity index (χ0v) is 12.1. The molecule has 0 saturated carbocycles. The maximum absolute atomic E-state index is 5.64. The molecule has 0 aromatic carbocycles. The lowest BCUT2D eigenvalue weighted by Crippen LogP contribution is -2.08. The summed E-state index contributed by atoms with van der Waals surface area (Å²) in [7, 11) is 0. The van der Waals surface area contributed by atoms with Crippen LogP contribution in [0.1, 0.15) is 25.2 Å². The first-order valence-electron chi connectivity index (χ1n) is 6.75. The molecule has 0 fully saturated rings. The second-order valence-electron chi connectivity index (χ2n) is 5.06. The Hall–Kier alpha value is -2.17. The number of nitrogens with one attached hydrogen (secondary N) is 1. The molecule has 0 saturated heterocycles. The van der Waals surface area contributed by atoms with Crippen molar-refractivity contribution >= 4 is 5.82 Å². The van der Waals surface area contributed by atoms with Gasteiger partial charge in [-0.25, -0.2) is 4.98 Å². The first-order valence-corrected chi connectivity index (χ1v) is 6.75. The minimum absolute atomic E-state index is 0.470. The lowest BCUT2D eigenvalue weighted by molar-refractivity contribution is 0.260. The SMILES string of the molecule is Cc1nc(NCc2cccnc2)cc(OCC(C)C)n1. The average molecular weight is 272 g/mol. The molecule has 5 nitrogen and oxygen atoms in total. The third kappa shape index (κ3) is 4.50. The molecule has 106 valence electrons. The van der Waals surface area contributed by atoms with Gasteiger partial charge in [0.05, 0.1) is 6.61 Å². The standard InChI is InChI=1S/C15H20N4O/c1-11(2)10-20-15-7-14(18-12(3)19-15)17-9-13-5-4-6-16-8-13/h4-8,11H,9-10H2,1-3H3,(H,17,18,19). The van der Waals surface area contributed by atoms with Crippen molar-refractivity contribution in [3.05, 3.63) is 42.0 Å². The molecular formula is C15H20N4O. The monoisotopic (exact) mass is 272 g/mol. The van der Waals surface area contributed by atoms with E-state index in [9.17, 15) is 0 Å². The van der Waals surface area contributed by atoms with Crippen LogP contribution in [-0.2, 0) is 6.54 Å². The van der Waals surface area contributed by atoms with E-state index in [-0.39, 0.29) is 0 Å². The number of ether oxygens (including phenoxy) is 1. The lowest BCUT2D eigenvalue weighted by atomic mass is 10.2. The van der Waals surface area contributed by atoms with Gasteiger partial charge in [0.2, 0.25) is 5.88 Å². The Morgan fingerprint density at radius 3 is 2.85 bits per heavy atom. The fourth-order valence-electron chi connectivity index (χ4n) is 1.65. The predicted octanol–water partition coefficient (Wildman–Crippen LogP) is 2.83. The second kappa shape index (κ2) is 6.84. The Kier molecular flexibility index (Phi) is 4.87. The molecule has 0 atom stereocenters. The van der Waals surface area contributed by atoms with Crippen molar-refractivity contribution in [2.24, 2.45) is 5.92 Å². The van der Waals surface area contributed by atoms with Crippen LogP contribution in [0.15, 0.2) is 30.6 Å². The summed E-state index contributed by atoms with van der Waals surface area (Å²) >= 11 is 0. The number of hydrogen-bond acceptors (Lipinski definition) is 5. The van der Waals surface area contributed by atoms with Gasteiger partial charge in [-0.1, -0.05) is 19.9 Å². The van der Waals surface area contributed by atoms with Gasteiger partial charge in [-0.05, 0) is 24.5 Å². The van der Waals surface area contributed by atoms with Crippen LogP contribution in [0.5, 0.6) is 5.88 Å². The van der Waals surface area contributed by atoms with Gasteiger partial charge in [-0.3, -0.25) is 4.98 Å². The Labute approximate surface area is 119 Å². The van der Waals surface area contributed by atoms with Gasteiger partial charge in [0.1, 0.15) is 11.6 Å². The maximum atomic E-state index is 5.64. The van der Waals surface area contributed by atoms with E-state index in [1.807, 2.05) is 31.3 Å². The summed E-state index contributed by atoms with van der Waals surface area (Å²) < 4.78 is 5.64. The molecule has 0 aliphatic rings. The van der Waals surface area contributed by atoms with Crippen molar-refractivity contribution in [3.63, 3.8) is 0 Å². The summed E-state index contributed by atoms with van der Waals surface area (Å²) in [5.41, 5.74) is 1.11. The highest BCUT2D eigenvalue weighted by molar-refractivity contribution is 5.39. The third-order valence-corrected chi connectivity index (χ3v) is 2.58. The van der Waals surface area contributed by atoms with Crippen LogP contribution < -0.4 is 10.1 Å². The molecule has 5 heteroatoms. The number of rotatable bonds is 6. The minimum atomic E-state index is 0.470. The van der Waals surface area contributed by atoms with Crippen molar-refractivity contribution in [2.45, 2.75) is 27.3 Å². The van der Waals surface area contributed by atoms with Crippen molar-refractivity contribution in [1.82, 2.24) is 15.0 Å². The van der Waals surface area contributed by atoms with E-state index in [2.05, 4.69) is 34.1 Å². The highest BCUT2D eigenvalue weighted by Crippen LogP contribution is 2.15. The molecule has 2 aromatic rings. The van der Waals surface area contributed by atoms with Crippen molar-refractivity contribution in [2.75, 3.05) is 11.9 Å². The second-order valence-corrected chi connectivity index (χ2v) is 5.06. The van der Waals surface area contributed by atoms with Crippen LogP contribution in [0.4, 0.5) is 5.82 Å². The predicted molar refractivity (Wildman–Crippen MR) is 78.7 cm³/mol. The smallest absolute Gasteiger partial charge is 0.218 e. The molecule has 0 bridgehead atoms. The molecule has 2 rings (SSSR count). The van der Waals surface area contributed by atoms with E-state index < -0.39 is 0 Å². The number of anilines is 1. The molecule has 0 spiro atoms. The van der Waals surface area contributed by atoms with Crippen molar-refractivity contribution in [1.29, 1.82) is 0 Å². The summed E-state index contributed by atoms with van der Waals surface area (Å²) in [4.78, 5) is 12.7. The minimum Gasteiger partial charge on any atom is -0.477 e. The quantitative estimate of drug-likeness (QED) is 0.876. The highest BCUT2D eigenvalue weighted by Gasteiger charge is 2.04. The summed E-state index contributed by atoms with van der Waals surface area (Å²) in [5.74, 6) is 2.54. The molecule has 0 unspecified atom stereocenters. The Morgan fingerprint density at radius 2 is 2.15 bits per heavy atom. The van der Waals surface area contributed by atoms with Gasteiger partial charge in [0.15, 0.2) is 0 Å². The maximum Gasteiger partial charge on any atom is 0.218 e. The number of pyridine rings is 1. The van der Waals surface area contributed by atoms with E-state index >= 15 is 0 Å². The van der Waals surface area contributed by atoms with Crippen LogP contribution in [0.2, 0.25) is 0 Å². The van der Waals surface area contributed by atoms with Gasteiger partial charge >= 0.3 is 0 Å². The molecule has 1 N–H and O–H groups in total. The molecule has 2 heterocycles. The van der Waals surface area contributed by atoms with Gasteiger partial charge < -0.3 is 10.1 Å². The van der Waals surface area contributed by atoms with E-state index in [0.29, 0.717) is 30.8 Å². The summed E-state index contributed by atoms with van der Waals surface area (Å²) in [5, 5.41) is 3.26. The molecule has 0 aliphatic heterocycles. The summed E-state index contributed by atoms with van der Waals surface area (Å²) in [6.07, 6.45) is 3.59. The van der Waals surface area contributed by atoms with Gasteiger partial charge in [0.25, 0.3) is 0 Å². The van der Waals surface area contributed by atoms with Gasteiger partial charge in [0, 0.05) is 25.0 Å². The van der Waals surface area contributed by atoms with Gasteiger partial charge in [-0.15, -0.1) is 0 Å². The number of nitrogens with zero attached hydrogens (tertiary/aromatic N) is 3. The Bertz CT molecular complexity index is 543. The van der Waals surface area contributed by atoms with E-state index in [4.69, 9.17) is 4.74 Å². The van der Waals surface area contributed by atoms with Crippen molar-refractivity contribution in [3.8, 4) is 5.88 Å². The average Bonchev–Trinajstić information content (AvgIpc) is 2.44. The van der Waals surface area contributed by atoms with Crippen LogP contribution in [0.25, 0.3) is 0 Å². The molecule has 0 aliphatic carbocycles. The zero-order chi connectivity index (χ0) is 14.4. The Morgan fingerprint density at radius 1 is 1.30 bits per heavy atom. The van der Waals surface area contributed by atoms with Crippen LogP contribution in [-0.4, -0.2) is 21.6 Å². The van der Waals surface area contributed by atoms with E-state index in [1.165, 1.54) is 0 Å². The number of aromatic nitrogens is 3. The fraction of sp³-hybridized carbons (Fsp3) is 0.400. The van der Waals surface area contributed by atoms with Crippen molar-refractivity contribution < 1.29 is 4.74 Å². The highest BCUT2D eigenvalue weighted by atomic mass is 16.5. The first kappa shape index (κ1) is 14.2. The van der Waals surface area contributed by atoms with Gasteiger partial charge in [-0.2, -0.15) is 4.98 Å². The molecule has 0 amide bonds. The third-order valence-electron chi connectivity index (χ3n) is 2.58. The molecular weight excluding hydrogens is 252 g/mol.